The van der Waals surface area contributed by atoms with Crippen molar-refractivity contribution in [2.75, 3.05) is 26.2 Å². The molecule has 1 aromatic carbocycles. The number of rotatable bonds is 7. The van der Waals surface area contributed by atoms with Crippen LogP contribution in [0.3, 0.4) is 0 Å². The first-order valence-electron chi connectivity index (χ1n) is 8.42. The van der Waals surface area contributed by atoms with Crippen molar-refractivity contribution in [2.24, 2.45) is 4.99 Å². The largest absolute Gasteiger partial charge is 0.373 e. The monoisotopic (exact) mass is 431 g/mol. The molecule has 2 N–H and O–H groups in total. The van der Waals surface area contributed by atoms with Gasteiger partial charge in [-0.15, -0.1) is 24.0 Å². The van der Waals surface area contributed by atoms with Crippen LogP contribution in [0, 0.1) is 0 Å². The Hall–Kier alpha value is -0.820. The van der Waals surface area contributed by atoms with E-state index in [2.05, 4.69) is 59.8 Å². The molecule has 0 amide bonds. The predicted octanol–water partition coefficient (Wildman–Crippen LogP) is 3.36. The first kappa shape index (κ1) is 20.2. The summed E-state index contributed by atoms with van der Waals surface area (Å²) in [4.78, 5) is 4.68. The Balaban J connectivity index is 0.00000264. The normalized spacial score (nSPS) is 20.9. The van der Waals surface area contributed by atoms with Crippen LogP contribution in [-0.2, 0) is 11.2 Å². The molecule has 0 radical (unpaired) electrons. The zero-order valence-electron chi connectivity index (χ0n) is 14.3. The summed E-state index contributed by atoms with van der Waals surface area (Å²) in [7, 11) is 0. The van der Waals surface area contributed by atoms with E-state index in [0.29, 0.717) is 0 Å². The van der Waals surface area contributed by atoms with Gasteiger partial charge >= 0.3 is 0 Å². The number of hydrogen-bond donors (Lipinski definition) is 2. The Morgan fingerprint density at radius 2 is 2.04 bits per heavy atom. The summed E-state index contributed by atoms with van der Waals surface area (Å²) in [5, 5.41) is 6.72. The zero-order valence-corrected chi connectivity index (χ0v) is 16.6. The van der Waals surface area contributed by atoms with Crippen LogP contribution in [0.5, 0.6) is 0 Å². The van der Waals surface area contributed by atoms with Crippen molar-refractivity contribution >= 4 is 29.9 Å². The van der Waals surface area contributed by atoms with Crippen LogP contribution in [0.15, 0.2) is 35.3 Å². The van der Waals surface area contributed by atoms with Crippen LogP contribution in [0.25, 0.3) is 0 Å². The van der Waals surface area contributed by atoms with E-state index in [9.17, 15) is 0 Å². The number of nitrogens with one attached hydrogen (secondary N) is 2. The maximum atomic E-state index is 5.79. The third kappa shape index (κ3) is 7.52. The Labute approximate surface area is 157 Å². The molecule has 1 heterocycles. The lowest BCUT2D eigenvalue weighted by atomic mass is 10.0. The maximum absolute atomic E-state index is 5.79. The summed E-state index contributed by atoms with van der Waals surface area (Å²) >= 11 is 0. The van der Waals surface area contributed by atoms with Crippen molar-refractivity contribution in [3.63, 3.8) is 0 Å². The van der Waals surface area contributed by atoms with Gasteiger partial charge in [-0.05, 0) is 45.1 Å². The highest BCUT2D eigenvalue weighted by atomic mass is 127. The van der Waals surface area contributed by atoms with Gasteiger partial charge in [0.1, 0.15) is 0 Å². The first-order valence-corrected chi connectivity index (χ1v) is 8.42. The lowest BCUT2D eigenvalue weighted by Crippen LogP contribution is -2.39. The summed E-state index contributed by atoms with van der Waals surface area (Å²) in [5.41, 5.74) is 1.31. The fourth-order valence-electron chi connectivity index (χ4n) is 2.69. The number of benzene rings is 1. The molecule has 4 nitrogen and oxygen atoms in total. The van der Waals surface area contributed by atoms with Crippen LogP contribution in [0.2, 0.25) is 0 Å². The van der Waals surface area contributed by atoms with E-state index in [1.165, 1.54) is 5.56 Å². The van der Waals surface area contributed by atoms with E-state index in [-0.39, 0.29) is 29.6 Å². The third-order valence-electron chi connectivity index (χ3n) is 3.99. The second kappa shape index (κ2) is 10.9. The highest BCUT2D eigenvalue weighted by Crippen LogP contribution is 2.24. The van der Waals surface area contributed by atoms with Crippen molar-refractivity contribution in [1.29, 1.82) is 0 Å². The van der Waals surface area contributed by atoms with Gasteiger partial charge in [-0.25, -0.2) is 0 Å². The minimum atomic E-state index is -0.0770. The lowest BCUT2D eigenvalue weighted by molar-refractivity contribution is 0.0283. The fourth-order valence-corrected chi connectivity index (χ4v) is 2.69. The molecule has 2 rings (SSSR count). The summed E-state index contributed by atoms with van der Waals surface area (Å²) in [6.07, 6.45) is 4.44. The van der Waals surface area contributed by atoms with Crippen LogP contribution in [0.1, 0.15) is 38.7 Å². The molecule has 1 aliphatic rings. The lowest BCUT2D eigenvalue weighted by Gasteiger charge is -2.21. The fraction of sp³-hybridized carbons (Fsp3) is 0.611. The molecular weight excluding hydrogens is 401 g/mol. The van der Waals surface area contributed by atoms with Crippen molar-refractivity contribution < 1.29 is 4.74 Å². The molecule has 5 heteroatoms. The molecule has 0 aliphatic carbocycles. The molecule has 0 bridgehead atoms. The van der Waals surface area contributed by atoms with E-state index in [1.807, 2.05) is 0 Å². The topological polar surface area (TPSA) is 45.7 Å². The summed E-state index contributed by atoms with van der Waals surface area (Å²) in [6.45, 7) is 7.64. The number of hydrogen-bond acceptors (Lipinski definition) is 2. The highest BCUT2D eigenvalue weighted by Gasteiger charge is 2.29. The molecule has 1 unspecified atom stereocenters. The summed E-state index contributed by atoms with van der Waals surface area (Å²) in [6, 6.07) is 10.6. The smallest absolute Gasteiger partial charge is 0.191 e. The average molecular weight is 431 g/mol. The summed E-state index contributed by atoms with van der Waals surface area (Å²) < 4.78 is 5.79. The van der Waals surface area contributed by atoms with Gasteiger partial charge in [0.05, 0.1) is 12.1 Å². The van der Waals surface area contributed by atoms with Crippen molar-refractivity contribution in [3.8, 4) is 0 Å². The van der Waals surface area contributed by atoms with Crippen molar-refractivity contribution in [1.82, 2.24) is 10.6 Å². The maximum Gasteiger partial charge on any atom is 0.191 e. The van der Waals surface area contributed by atoms with Crippen LogP contribution in [-0.4, -0.2) is 37.8 Å². The van der Waals surface area contributed by atoms with Gasteiger partial charge in [-0.3, -0.25) is 4.99 Å². The number of aliphatic imine (C=N–C) groups is 1. The van der Waals surface area contributed by atoms with Gasteiger partial charge in [-0.1, -0.05) is 30.3 Å². The van der Waals surface area contributed by atoms with Gasteiger partial charge in [0, 0.05) is 19.7 Å². The standard InChI is InChI=1S/C18H29N3O.HI/c1-3-19-17(21-15-18(2)12-8-14-22-18)20-13-7-11-16-9-5-4-6-10-16;/h4-6,9-10H,3,7-8,11-15H2,1-2H3,(H2,19,20,21);1H. The Morgan fingerprint density at radius 1 is 1.26 bits per heavy atom. The highest BCUT2D eigenvalue weighted by molar-refractivity contribution is 14.0. The van der Waals surface area contributed by atoms with Gasteiger partial charge < -0.3 is 15.4 Å². The zero-order chi connectivity index (χ0) is 15.7. The Bertz CT molecular complexity index is 459. The molecule has 0 saturated carbocycles. The molecule has 1 aromatic rings. The van der Waals surface area contributed by atoms with Crippen molar-refractivity contribution in [2.45, 2.75) is 45.1 Å². The van der Waals surface area contributed by atoms with E-state index in [1.54, 1.807) is 0 Å². The van der Waals surface area contributed by atoms with Crippen LogP contribution in [0.4, 0.5) is 0 Å². The van der Waals surface area contributed by atoms with Gasteiger partial charge in [0.2, 0.25) is 0 Å². The van der Waals surface area contributed by atoms with E-state index < -0.39 is 0 Å². The number of aryl methyl sites for hydroxylation is 1. The van der Waals surface area contributed by atoms with Crippen LogP contribution >= 0.6 is 24.0 Å². The minimum absolute atomic E-state index is 0. The summed E-state index contributed by atoms with van der Waals surface area (Å²) in [5.74, 6) is 0.896. The Kier molecular flexibility index (Phi) is 9.55. The Morgan fingerprint density at radius 3 is 2.70 bits per heavy atom. The van der Waals surface area contributed by atoms with Gasteiger partial charge in [-0.2, -0.15) is 0 Å². The molecule has 23 heavy (non-hydrogen) atoms. The quantitative estimate of drug-likeness (QED) is 0.301. The molecule has 0 aromatic heterocycles. The molecule has 1 aliphatic heterocycles. The van der Waals surface area contributed by atoms with E-state index in [4.69, 9.17) is 4.74 Å². The number of guanidine groups is 1. The average Bonchev–Trinajstić information content (AvgIpc) is 2.97. The molecule has 0 spiro atoms. The third-order valence-corrected chi connectivity index (χ3v) is 3.99. The number of halogens is 1. The van der Waals surface area contributed by atoms with E-state index in [0.717, 1.165) is 57.9 Å². The van der Waals surface area contributed by atoms with Gasteiger partial charge in [0.25, 0.3) is 0 Å². The number of nitrogens with zero attached hydrogens (tertiary/aromatic N) is 1. The van der Waals surface area contributed by atoms with Gasteiger partial charge in [0.15, 0.2) is 5.96 Å². The number of ether oxygens (including phenoxy) is 1. The second-order valence-corrected chi connectivity index (χ2v) is 6.11. The van der Waals surface area contributed by atoms with E-state index >= 15 is 0 Å². The molecule has 1 fully saturated rings. The van der Waals surface area contributed by atoms with Crippen LogP contribution < -0.4 is 10.6 Å². The SMILES string of the molecule is CCNC(=NCC1(C)CCCO1)NCCCc1ccccc1.I. The molecule has 1 atom stereocenters. The molecular formula is C18H30IN3O. The minimum Gasteiger partial charge on any atom is -0.373 e. The van der Waals surface area contributed by atoms with Crippen molar-refractivity contribution in [3.05, 3.63) is 35.9 Å². The molecule has 1 saturated heterocycles. The predicted molar refractivity (Wildman–Crippen MR) is 108 cm³/mol. The molecule has 130 valence electrons. The second-order valence-electron chi connectivity index (χ2n) is 6.11. The first-order chi connectivity index (χ1) is 10.7.